The standard InChI is InChI=1S/C27H44O2/c1-17(2)7-6-8-18(3)21-9-10-22-25-23(12-14-27(21,22)5)26(4)13-11-20(28)15-19(26)16-24(25)29/h7,16,18,20-25,28-29H,6,8-15H2,1-5H3/t18-,20-,21-,22+,23+,24-,25+,26+,27-/m1/s1. The quantitative estimate of drug-likeness (QED) is 0.545. The number of aliphatic hydroxyl groups is 2. The summed E-state index contributed by atoms with van der Waals surface area (Å²) in [4.78, 5) is 0. The highest BCUT2D eigenvalue weighted by Crippen LogP contribution is 2.67. The van der Waals surface area contributed by atoms with Gasteiger partial charge >= 0.3 is 0 Å². The Kier molecular flexibility index (Phi) is 5.84. The first-order chi connectivity index (χ1) is 13.7. The molecule has 0 saturated heterocycles. The Morgan fingerprint density at radius 1 is 1.10 bits per heavy atom. The fourth-order valence-corrected chi connectivity index (χ4v) is 8.44. The van der Waals surface area contributed by atoms with Crippen molar-refractivity contribution in [2.45, 2.75) is 105 Å². The van der Waals surface area contributed by atoms with Gasteiger partial charge in [-0.1, -0.05) is 44.1 Å². The van der Waals surface area contributed by atoms with Crippen molar-refractivity contribution >= 4 is 0 Å². The molecule has 164 valence electrons. The third-order valence-corrected chi connectivity index (χ3v) is 10.0. The summed E-state index contributed by atoms with van der Waals surface area (Å²) in [6, 6.07) is 0. The predicted octanol–water partition coefficient (Wildman–Crippen LogP) is 6.28. The highest BCUT2D eigenvalue weighted by atomic mass is 16.3. The van der Waals surface area contributed by atoms with Crippen molar-refractivity contribution in [3.8, 4) is 0 Å². The zero-order valence-electron chi connectivity index (χ0n) is 19.5. The van der Waals surface area contributed by atoms with Gasteiger partial charge in [0, 0.05) is 0 Å². The molecule has 0 radical (unpaired) electrons. The van der Waals surface area contributed by atoms with Crippen LogP contribution in [0.15, 0.2) is 23.3 Å². The normalized spacial score (nSPS) is 47.5. The molecule has 2 N–H and O–H groups in total. The molecule has 3 saturated carbocycles. The van der Waals surface area contributed by atoms with Crippen LogP contribution >= 0.6 is 0 Å². The van der Waals surface area contributed by atoms with Gasteiger partial charge in [-0.2, -0.15) is 0 Å². The number of fused-ring (bicyclic) bond motifs is 5. The minimum Gasteiger partial charge on any atom is -0.393 e. The van der Waals surface area contributed by atoms with Crippen LogP contribution in [0.5, 0.6) is 0 Å². The van der Waals surface area contributed by atoms with Gasteiger partial charge in [0.15, 0.2) is 0 Å². The van der Waals surface area contributed by atoms with Gasteiger partial charge in [-0.3, -0.25) is 0 Å². The van der Waals surface area contributed by atoms with Crippen LogP contribution < -0.4 is 0 Å². The van der Waals surface area contributed by atoms with E-state index in [9.17, 15) is 10.2 Å². The second kappa shape index (κ2) is 7.83. The lowest BCUT2D eigenvalue weighted by Crippen LogP contribution is -2.54. The highest BCUT2D eigenvalue weighted by Gasteiger charge is 2.61. The predicted molar refractivity (Wildman–Crippen MR) is 120 cm³/mol. The minimum absolute atomic E-state index is 0.204. The average molecular weight is 401 g/mol. The molecule has 9 atom stereocenters. The van der Waals surface area contributed by atoms with Gasteiger partial charge in [0.1, 0.15) is 0 Å². The van der Waals surface area contributed by atoms with E-state index in [4.69, 9.17) is 0 Å². The Labute approximate surface area is 178 Å². The second-order valence-electron chi connectivity index (χ2n) is 11.9. The van der Waals surface area contributed by atoms with Crippen molar-refractivity contribution in [1.82, 2.24) is 0 Å². The zero-order chi connectivity index (χ0) is 21.0. The molecule has 4 aliphatic rings. The lowest BCUT2D eigenvalue weighted by molar-refractivity contribution is -0.0969. The molecule has 0 aliphatic heterocycles. The summed E-state index contributed by atoms with van der Waals surface area (Å²) in [6.45, 7) is 11.9. The molecule has 0 aromatic rings. The maximum Gasteiger partial charge on any atom is 0.0757 e. The summed E-state index contributed by atoms with van der Waals surface area (Å²) in [5.41, 5.74) is 3.39. The molecule has 0 aromatic carbocycles. The first-order valence-electron chi connectivity index (χ1n) is 12.4. The molecule has 0 aromatic heterocycles. The van der Waals surface area contributed by atoms with E-state index in [2.05, 4.69) is 46.8 Å². The summed E-state index contributed by atoms with van der Waals surface area (Å²) < 4.78 is 0. The van der Waals surface area contributed by atoms with E-state index >= 15 is 0 Å². The molecule has 2 heteroatoms. The second-order valence-corrected chi connectivity index (χ2v) is 11.9. The molecule has 29 heavy (non-hydrogen) atoms. The van der Waals surface area contributed by atoms with Gasteiger partial charge in [0.2, 0.25) is 0 Å². The lowest BCUT2D eigenvalue weighted by Gasteiger charge is -2.59. The molecular weight excluding hydrogens is 356 g/mol. The van der Waals surface area contributed by atoms with Crippen molar-refractivity contribution < 1.29 is 10.2 Å². The SMILES string of the molecule is CC(C)=CCC[C@@H](C)[C@H]1CC[C@H]2[C@@H]3[C@H](O)C=C4C[C@H](O)CC[C@]4(C)[C@H]3CC[C@]12C. The number of hydrogen-bond acceptors (Lipinski definition) is 2. The van der Waals surface area contributed by atoms with Crippen molar-refractivity contribution in [3.63, 3.8) is 0 Å². The van der Waals surface area contributed by atoms with Crippen molar-refractivity contribution in [3.05, 3.63) is 23.3 Å². The van der Waals surface area contributed by atoms with E-state index < -0.39 is 0 Å². The van der Waals surface area contributed by atoms with E-state index in [-0.39, 0.29) is 17.6 Å². The maximum atomic E-state index is 11.3. The van der Waals surface area contributed by atoms with Gasteiger partial charge in [-0.15, -0.1) is 0 Å². The molecule has 2 nitrogen and oxygen atoms in total. The fraction of sp³-hybridized carbons (Fsp3) is 0.852. The van der Waals surface area contributed by atoms with Gasteiger partial charge in [0.25, 0.3) is 0 Å². The first kappa shape index (κ1) is 21.6. The Hall–Kier alpha value is -0.600. The Balaban J connectivity index is 1.56. The number of aliphatic hydroxyl groups excluding tert-OH is 2. The fourth-order valence-electron chi connectivity index (χ4n) is 8.44. The van der Waals surface area contributed by atoms with Crippen LogP contribution in [0.2, 0.25) is 0 Å². The summed E-state index contributed by atoms with van der Waals surface area (Å²) in [5, 5.41) is 21.5. The van der Waals surface area contributed by atoms with E-state index in [0.717, 1.165) is 31.1 Å². The summed E-state index contributed by atoms with van der Waals surface area (Å²) >= 11 is 0. The van der Waals surface area contributed by atoms with Gasteiger partial charge < -0.3 is 10.2 Å². The number of rotatable bonds is 4. The van der Waals surface area contributed by atoms with Crippen LogP contribution in [0.25, 0.3) is 0 Å². The summed E-state index contributed by atoms with van der Waals surface area (Å²) in [6.07, 6.45) is 14.6. The van der Waals surface area contributed by atoms with Crippen molar-refractivity contribution in [1.29, 1.82) is 0 Å². The summed E-state index contributed by atoms with van der Waals surface area (Å²) in [7, 11) is 0. The molecule has 0 heterocycles. The average Bonchev–Trinajstić information content (AvgIpc) is 3.00. The van der Waals surface area contributed by atoms with Crippen LogP contribution in [0.3, 0.4) is 0 Å². The molecule has 0 unspecified atom stereocenters. The molecule has 4 aliphatic carbocycles. The molecule has 0 amide bonds. The third-order valence-electron chi connectivity index (χ3n) is 10.0. The Bertz CT molecular complexity index is 674. The van der Waals surface area contributed by atoms with Crippen molar-refractivity contribution in [2.75, 3.05) is 0 Å². The first-order valence-corrected chi connectivity index (χ1v) is 12.4. The Morgan fingerprint density at radius 2 is 1.86 bits per heavy atom. The molecular formula is C27H44O2. The molecule has 4 rings (SSSR count). The number of hydrogen-bond donors (Lipinski definition) is 2. The van der Waals surface area contributed by atoms with Crippen LogP contribution in [0.4, 0.5) is 0 Å². The van der Waals surface area contributed by atoms with E-state index in [1.807, 2.05) is 0 Å². The Morgan fingerprint density at radius 3 is 2.59 bits per heavy atom. The lowest BCUT2D eigenvalue weighted by atomic mass is 9.46. The zero-order valence-corrected chi connectivity index (χ0v) is 19.5. The van der Waals surface area contributed by atoms with Crippen LogP contribution in [-0.4, -0.2) is 22.4 Å². The smallest absolute Gasteiger partial charge is 0.0757 e. The van der Waals surface area contributed by atoms with E-state index in [1.54, 1.807) is 0 Å². The van der Waals surface area contributed by atoms with Crippen LogP contribution in [0, 0.1) is 40.4 Å². The topological polar surface area (TPSA) is 40.5 Å². The van der Waals surface area contributed by atoms with Gasteiger partial charge in [-0.05, 0) is 112 Å². The number of allylic oxidation sites excluding steroid dienone is 2. The maximum absolute atomic E-state index is 11.3. The minimum atomic E-state index is -0.308. The third kappa shape index (κ3) is 3.57. The van der Waals surface area contributed by atoms with E-state index in [0.29, 0.717) is 23.2 Å². The van der Waals surface area contributed by atoms with Crippen LogP contribution in [0.1, 0.15) is 92.4 Å². The van der Waals surface area contributed by atoms with Gasteiger partial charge in [-0.25, -0.2) is 0 Å². The molecule has 3 fully saturated rings. The largest absolute Gasteiger partial charge is 0.393 e. The van der Waals surface area contributed by atoms with Crippen molar-refractivity contribution in [2.24, 2.45) is 40.4 Å². The van der Waals surface area contributed by atoms with Gasteiger partial charge in [0.05, 0.1) is 12.2 Å². The molecule has 0 spiro atoms. The monoisotopic (exact) mass is 400 g/mol. The van der Waals surface area contributed by atoms with E-state index in [1.165, 1.54) is 49.7 Å². The molecule has 0 bridgehead atoms. The van der Waals surface area contributed by atoms with Crippen LogP contribution in [-0.2, 0) is 0 Å². The highest BCUT2D eigenvalue weighted by molar-refractivity contribution is 5.27. The summed E-state index contributed by atoms with van der Waals surface area (Å²) in [5.74, 6) is 3.26.